The predicted molar refractivity (Wildman–Crippen MR) is 99.5 cm³/mol. The minimum Gasteiger partial charge on any atom is -0.352 e. The van der Waals surface area contributed by atoms with Crippen molar-refractivity contribution in [2.75, 3.05) is 19.6 Å². The van der Waals surface area contributed by atoms with E-state index in [1.165, 1.54) is 62.6 Å². The highest BCUT2D eigenvalue weighted by Crippen LogP contribution is 2.22. The van der Waals surface area contributed by atoms with Crippen molar-refractivity contribution in [3.05, 3.63) is 34.9 Å². The van der Waals surface area contributed by atoms with E-state index in [9.17, 15) is 4.79 Å². The van der Waals surface area contributed by atoms with Gasteiger partial charge in [-0.2, -0.15) is 0 Å². The Morgan fingerprint density at radius 1 is 1.17 bits per heavy atom. The van der Waals surface area contributed by atoms with E-state index in [0.29, 0.717) is 0 Å². The maximum atomic E-state index is 12.4. The number of piperidine rings is 1. The number of hydrogen-bond donors (Lipinski definition) is 1. The van der Waals surface area contributed by atoms with Crippen molar-refractivity contribution >= 4 is 5.91 Å². The Morgan fingerprint density at radius 3 is 2.83 bits per heavy atom. The zero-order valence-electron chi connectivity index (χ0n) is 15.2. The van der Waals surface area contributed by atoms with Crippen LogP contribution in [0, 0.1) is 0 Å². The SMILES string of the molecule is CC[C@H]1CCCCN1CCCNC(=O)c1ccc2c(c1)CCCC2. The monoisotopic (exact) mass is 328 g/mol. The lowest BCUT2D eigenvalue weighted by Crippen LogP contribution is -2.40. The third-order valence-corrected chi connectivity index (χ3v) is 5.74. The molecule has 1 atom stereocenters. The summed E-state index contributed by atoms with van der Waals surface area (Å²) >= 11 is 0. The molecule has 0 saturated carbocycles. The standard InChI is InChI=1S/C21H32N2O/c1-2-20-10-5-6-14-23(20)15-7-13-22-21(24)19-12-11-17-8-3-4-9-18(17)16-19/h11-12,16,20H,2-10,13-15H2,1H3,(H,22,24)/t20-/m0/s1. The summed E-state index contributed by atoms with van der Waals surface area (Å²) in [6.07, 6.45) is 11.2. The number of rotatable bonds is 6. The highest BCUT2D eigenvalue weighted by molar-refractivity contribution is 5.94. The van der Waals surface area contributed by atoms with Gasteiger partial charge >= 0.3 is 0 Å². The summed E-state index contributed by atoms with van der Waals surface area (Å²) in [4.78, 5) is 15.0. The van der Waals surface area contributed by atoms with Crippen molar-refractivity contribution in [2.45, 2.75) is 70.8 Å². The molecule has 3 rings (SSSR count). The normalized spacial score (nSPS) is 21.3. The molecule has 0 unspecified atom stereocenters. The number of nitrogens with zero attached hydrogens (tertiary/aromatic N) is 1. The van der Waals surface area contributed by atoms with E-state index in [4.69, 9.17) is 0 Å². The lowest BCUT2D eigenvalue weighted by Gasteiger charge is -2.35. The smallest absolute Gasteiger partial charge is 0.251 e. The molecule has 1 aliphatic heterocycles. The second-order valence-electron chi connectivity index (χ2n) is 7.39. The van der Waals surface area contributed by atoms with Gasteiger partial charge in [-0.15, -0.1) is 0 Å². The van der Waals surface area contributed by atoms with E-state index in [-0.39, 0.29) is 5.91 Å². The van der Waals surface area contributed by atoms with E-state index in [2.05, 4.69) is 29.3 Å². The van der Waals surface area contributed by atoms with Gasteiger partial charge in [-0.3, -0.25) is 4.79 Å². The minimum absolute atomic E-state index is 0.0917. The summed E-state index contributed by atoms with van der Waals surface area (Å²) in [5.41, 5.74) is 3.65. The number of nitrogens with one attached hydrogen (secondary N) is 1. The number of amides is 1. The van der Waals surface area contributed by atoms with Crippen molar-refractivity contribution in [3.8, 4) is 0 Å². The molecule has 2 aliphatic rings. The molecule has 0 spiro atoms. The molecule has 1 aliphatic carbocycles. The molecule has 0 bridgehead atoms. The lowest BCUT2D eigenvalue weighted by atomic mass is 9.90. The third kappa shape index (κ3) is 4.38. The van der Waals surface area contributed by atoms with Crippen LogP contribution < -0.4 is 5.32 Å². The molecule has 1 aromatic rings. The van der Waals surface area contributed by atoms with Crippen molar-refractivity contribution in [2.24, 2.45) is 0 Å². The summed E-state index contributed by atoms with van der Waals surface area (Å²) in [7, 11) is 0. The molecule has 3 nitrogen and oxygen atoms in total. The minimum atomic E-state index is 0.0917. The van der Waals surface area contributed by atoms with Crippen LogP contribution in [0.4, 0.5) is 0 Å². The summed E-state index contributed by atoms with van der Waals surface area (Å²) in [5.74, 6) is 0.0917. The van der Waals surface area contributed by atoms with E-state index >= 15 is 0 Å². The van der Waals surface area contributed by atoms with Crippen LogP contribution in [-0.2, 0) is 12.8 Å². The Hall–Kier alpha value is -1.35. The first-order valence-electron chi connectivity index (χ1n) is 9.92. The van der Waals surface area contributed by atoms with Gasteiger partial charge in [0.2, 0.25) is 0 Å². The average Bonchev–Trinajstić information content (AvgIpc) is 2.65. The zero-order chi connectivity index (χ0) is 16.8. The van der Waals surface area contributed by atoms with Gasteiger partial charge in [0.15, 0.2) is 0 Å². The molecule has 0 aromatic heterocycles. The van der Waals surface area contributed by atoms with Gasteiger partial charge in [-0.05, 0) is 81.2 Å². The van der Waals surface area contributed by atoms with Crippen molar-refractivity contribution in [1.29, 1.82) is 0 Å². The Morgan fingerprint density at radius 2 is 2.00 bits per heavy atom. The van der Waals surface area contributed by atoms with Crippen molar-refractivity contribution < 1.29 is 4.79 Å². The highest BCUT2D eigenvalue weighted by atomic mass is 16.1. The fourth-order valence-electron chi connectivity index (χ4n) is 4.28. The quantitative estimate of drug-likeness (QED) is 0.802. The maximum absolute atomic E-state index is 12.4. The summed E-state index contributed by atoms with van der Waals surface area (Å²) in [6, 6.07) is 7.03. The van der Waals surface area contributed by atoms with Gasteiger partial charge in [0.25, 0.3) is 5.91 Å². The van der Waals surface area contributed by atoms with Gasteiger partial charge in [0, 0.05) is 24.7 Å². The van der Waals surface area contributed by atoms with Gasteiger partial charge in [0.05, 0.1) is 0 Å². The number of aryl methyl sites for hydroxylation is 2. The van der Waals surface area contributed by atoms with Crippen molar-refractivity contribution in [3.63, 3.8) is 0 Å². The molecule has 0 radical (unpaired) electrons. The Balaban J connectivity index is 1.44. The van der Waals surface area contributed by atoms with Crippen molar-refractivity contribution in [1.82, 2.24) is 10.2 Å². The van der Waals surface area contributed by atoms with Crippen LogP contribution in [0.15, 0.2) is 18.2 Å². The molecule has 1 heterocycles. The molecular weight excluding hydrogens is 296 g/mol. The van der Waals surface area contributed by atoms with Crippen LogP contribution in [0.1, 0.15) is 73.4 Å². The number of likely N-dealkylation sites (tertiary alicyclic amines) is 1. The first-order valence-corrected chi connectivity index (χ1v) is 9.92. The zero-order valence-corrected chi connectivity index (χ0v) is 15.2. The Bertz CT molecular complexity index is 555. The fraction of sp³-hybridized carbons (Fsp3) is 0.667. The third-order valence-electron chi connectivity index (χ3n) is 5.74. The van der Waals surface area contributed by atoms with E-state index < -0.39 is 0 Å². The molecule has 1 amide bonds. The molecule has 1 aromatic carbocycles. The number of fused-ring (bicyclic) bond motifs is 1. The van der Waals surface area contributed by atoms with Crippen LogP contribution >= 0.6 is 0 Å². The topological polar surface area (TPSA) is 32.3 Å². The molecular formula is C21H32N2O. The number of carbonyl (C=O) groups excluding carboxylic acids is 1. The number of hydrogen-bond acceptors (Lipinski definition) is 2. The van der Waals surface area contributed by atoms with Crippen LogP contribution in [0.2, 0.25) is 0 Å². The molecule has 132 valence electrons. The van der Waals surface area contributed by atoms with Crippen LogP contribution in [0.5, 0.6) is 0 Å². The van der Waals surface area contributed by atoms with Gasteiger partial charge in [-0.25, -0.2) is 0 Å². The molecule has 1 fully saturated rings. The second-order valence-corrected chi connectivity index (χ2v) is 7.39. The maximum Gasteiger partial charge on any atom is 0.251 e. The first-order chi connectivity index (χ1) is 11.8. The summed E-state index contributed by atoms with van der Waals surface area (Å²) in [6.45, 7) is 5.42. The van der Waals surface area contributed by atoms with Gasteiger partial charge in [-0.1, -0.05) is 19.4 Å². The summed E-state index contributed by atoms with van der Waals surface area (Å²) < 4.78 is 0. The fourth-order valence-corrected chi connectivity index (χ4v) is 4.28. The lowest BCUT2D eigenvalue weighted by molar-refractivity contribution is 0.0947. The Kier molecular flexibility index (Phi) is 6.30. The van der Waals surface area contributed by atoms with Crippen LogP contribution in [-0.4, -0.2) is 36.5 Å². The van der Waals surface area contributed by atoms with E-state index in [1.54, 1.807) is 0 Å². The largest absolute Gasteiger partial charge is 0.352 e. The number of benzene rings is 1. The molecule has 24 heavy (non-hydrogen) atoms. The molecule has 1 N–H and O–H groups in total. The Labute approximate surface area is 146 Å². The van der Waals surface area contributed by atoms with Crippen LogP contribution in [0.25, 0.3) is 0 Å². The number of carbonyl (C=O) groups is 1. The average molecular weight is 329 g/mol. The highest BCUT2D eigenvalue weighted by Gasteiger charge is 2.20. The van der Waals surface area contributed by atoms with E-state index in [0.717, 1.165) is 37.5 Å². The molecule has 1 saturated heterocycles. The van der Waals surface area contributed by atoms with Gasteiger partial charge in [0.1, 0.15) is 0 Å². The van der Waals surface area contributed by atoms with E-state index in [1.807, 2.05) is 6.07 Å². The summed E-state index contributed by atoms with van der Waals surface area (Å²) in [5, 5.41) is 3.11. The second kappa shape index (κ2) is 8.66. The van der Waals surface area contributed by atoms with Crippen LogP contribution in [0.3, 0.4) is 0 Å². The first kappa shape index (κ1) is 17.5. The molecule has 3 heteroatoms. The predicted octanol–water partition coefficient (Wildman–Crippen LogP) is 3.95. The van der Waals surface area contributed by atoms with Gasteiger partial charge < -0.3 is 10.2 Å².